The predicted octanol–water partition coefficient (Wildman–Crippen LogP) is 1.66. The van der Waals surface area contributed by atoms with Crippen LogP contribution in [0.1, 0.15) is 45.4 Å². The van der Waals surface area contributed by atoms with Gasteiger partial charge in [-0.2, -0.15) is 0 Å². The molecule has 5 heteroatoms. The molecule has 1 amide bonds. The van der Waals surface area contributed by atoms with Crippen LogP contribution in [0, 0.1) is 5.92 Å². The standard InChI is InChI=1S/C14H23NO4/c1-2-19-11-7-10(8-11)9-13(16)15-6-4-3-5-12(15)14(17)18/h10-12H,2-9H2,1H3,(H,17,18)/t10?,11?,12-/m1/s1. The molecule has 1 saturated heterocycles. The number of carbonyl (C=O) groups is 2. The van der Waals surface area contributed by atoms with Crippen molar-refractivity contribution in [3.8, 4) is 0 Å². The highest BCUT2D eigenvalue weighted by molar-refractivity contribution is 5.84. The molecule has 5 nitrogen and oxygen atoms in total. The molecule has 1 saturated carbocycles. The second kappa shape index (κ2) is 6.37. The summed E-state index contributed by atoms with van der Waals surface area (Å²) in [4.78, 5) is 24.9. The van der Waals surface area contributed by atoms with Gasteiger partial charge in [0.15, 0.2) is 0 Å². The Labute approximate surface area is 113 Å². The molecule has 19 heavy (non-hydrogen) atoms. The van der Waals surface area contributed by atoms with E-state index in [2.05, 4.69) is 0 Å². The smallest absolute Gasteiger partial charge is 0.326 e. The Hall–Kier alpha value is -1.10. The number of nitrogens with zero attached hydrogens (tertiary/aromatic N) is 1. The SMILES string of the molecule is CCOC1CC(CC(=O)N2CCCC[C@@H]2C(=O)O)C1. The zero-order valence-electron chi connectivity index (χ0n) is 11.5. The van der Waals surface area contributed by atoms with Crippen LogP contribution in [-0.4, -0.2) is 47.2 Å². The summed E-state index contributed by atoms with van der Waals surface area (Å²) in [5.74, 6) is -0.485. The predicted molar refractivity (Wildman–Crippen MR) is 69.7 cm³/mol. The number of hydrogen-bond acceptors (Lipinski definition) is 3. The largest absolute Gasteiger partial charge is 0.480 e. The van der Waals surface area contributed by atoms with Gasteiger partial charge in [0.1, 0.15) is 6.04 Å². The van der Waals surface area contributed by atoms with Crippen LogP contribution in [-0.2, 0) is 14.3 Å². The van der Waals surface area contributed by atoms with Crippen LogP contribution < -0.4 is 0 Å². The highest BCUT2D eigenvalue weighted by Crippen LogP contribution is 2.33. The van der Waals surface area contributed by atoms with Gasteiger partial charge in [0.2, 0.25) is 5.91 Å². The van der Waals surface area contributed by atoms with Crippen molar-refractivity contribution in [2.75, 3.05) is 13.2 Å². The van der Waals surface area contributed by atoms with Crippen LogP contribution in [0.3, 0.4) is 0 Å². The molecule has 0 aromatic rings. The second-order valence-corrected chi connectivity index (χ2v) is 5.56. The third-order valence-electron chi connectivity index (χ3n) is 4.17. The second-order valence-electron chi connectivity index (χ2n) is 5.56. The van der Waals surface area contributed by atoms with Gasteiger partial charge in [-0.15, -0.1) is 0 Å². The molecule has 1 atom stereocenters. The Kier molecular flexibility index (Phi) is 4.80. The molecule has 0 unspecified atom stereocenters. The first-order valence-electron chi connectivity index (χ1n) is 7.25. The summed E-state index contributed by atoms with van der Waals surface area (Å²) in [5.41, 5.74) is 0. The quantitative estimate of drug-likeness (QED) is 0.824. The van der Waals surface area contributed by atoms with Crippen molar-refractivity contribution < 1.29 is 19.4 Å². The molecule has 0 bridgehead atoms. The number of carboxylic acid groups (broad SMARTS) is 1. The average Bonchev–Trinajstić information content (AvgIpc) is 2.36. The number of ether oxygens (including phenoxy) is 1. The van der Waals surface area contributed by atoms with Crippen molar-refractivity contribution in [2.24, 2.45) is 5.92 Å². The van der Waals surface area contributed by atoms with Crippen molar-refractivity contribution in [1.82, 2.24) is 4.90 Å². The molecular weight excluding hydrogens is 246 g/mol. The van der Waals surface area contributed by atoms with Crippen molar-refractivity contribution in [3.05, 3.63) is 0 Å². The molecule has 0 radical (unpaired) electrons. The highest BCUT2D eigenvalue weighted by Gasteiger charge is 2.36. The lowest BCUT2D eigenvalue weighted by Gasteiger charge is -2.38. The lowest BCUT2D eigenvalue weighted by atomic mass is 9.79. The van der Waals surface area contributed by atoms with Crippen LogP contribution in [0.4, 0.5) is 0 Å². The van der Waals surface area contributed by atoms with Crippen LogP contribution in [0.5, 0.6) is 0 Å². The first-order valence-corrected chi connectivity index (χ1v) is 7.25. The van der Waals surface area contributed by atoms with E-state index < -0.39 is 12.0 Å². The van der Waals surface area contributed by atoms with Gasteiger partial charge in [-0.05, 0) is 44.9 Å². The summed E-state index contributed by atoms with van der Waals surface area (Å²) in [5, 5.41) is 9.16. The molecular formula is C14H23NO4. The van der Waals surface area contributed by atoms with E-state index in [1.54, 1.807) is 4.90 Å². The summed E-state index contributed by atoms with van der Waals surface area (Å²) in [7, 11) is 0. The summed E-state index contributed by atoms with van der Waals surface area (Å²) >= 11 is 0. The third kappa shape index (κ3) is 3.47. The van der Waals surface area contributed by atoms with E-state index in [1.165, 1.54) is 0 Å². The molecule has 0 spiro atoms. The van der Waals surface area contributed by atoms with Gasteiger partial charge in [0.25, 0.3) is 0 Å². The van der Waals surface area contributed by atoms with E-state index in [9.17, 15) is 9.59 Å². The summed E-state index contributed by atoms with van der Waals surface area (Å²) < 4.78 is 5.48. The highest BCUT2D eigenvalue weighted by atomic mass is 16.5. The summed E-state index contributed by atoms with van der Waals surface area (Å²) in [6, 6.07) is -0.607. The molecule has 2 rings (SSSR count). The summed E-state index contributed by atoms with van der Waals surface area (Å²) in [6.45, 7) is 3.29. The maximum atomic E-state index is 12.2. The summed E-state index contributed by atoms with van der Waals surface area (Å²) in [6.07, 6.45) is 5.06. The number of rotatable bonds is 5. The number of hydrogen-bond donors (Lipinski definition) is 1. The zero-order chi connectivity index (χ0) is 13.8. The first-order chi connectivity index (χ1) is 9.11. The first kappa shape index (κ1) is 14.3. The number of piperidine rings is 1. The van der Waals surface area contributed by atoms with Crippen molar-refractivity contribution in [3.63, 3.8) is 0 Å². The molecule has 0 aromatic heterocycles. The minimum Gasteiger partial charge on any atom is -0.480 e. The van der Waals surface area contributed by atoms with Crippen molar-refractivity contribution in [1.29, 1.82) is 0 Å². The number of aliphatic carboxylic acids is 1. The van der Waals surface area contributed by atoms with E-state index >= 15 is 0 Å². The molecule has 2 aliphatic rings. The molecule has 0 aromatic carbocycles. The number of carbonyl (C=O) groups excluding carboxylic acids is 1. The van der Waals surface area contributed by atoms with Crippen LogP contribution >= 0.6 is 0 Å². The Bertz CT molecular complexity index is 338. The monoisotopic (exact) mass is 269 g/mol. The average molecular weight is 269 g/mol. The zero-order valence-corrected chi connectivity index (χ0v) is 11.5. The van der Waals surface area contributed by atoms with Gasteiger partial charge >= 0.3 is 5.97 Å². The molecule has 108 valence electrons. The normalized spacial score (nSPS) is 30.8. The van der Waals surface area contributed by atoms with Gasteiger partial charge in [-0.3, -0.25) is 4.79 Å². The fourth-order valence-corrected chi connectivity index (χ4v) is 3.06. The number of carboxylic acids is 1. The lowest BCUT2D eigenvalue weighted by Crippen LogP contribution is -2.49. The minimum atomic E-state index is -0.867. The Morgan fingerprint density at radius 3 is 2.68 bits per heavy atom. The minimum absolute atomic E-state index is 0.00653. The van der Waals surface area contributed by atoms with Gasteiger partial charge in [0, 0.05) is 19.6 Å². The van der Waals surface area contributed by atoms with Crippen molar-refractivity contribution in [2.45, 2.75) is 57.6 Å². The van der Waals surface area contributed by atoms with Gasteiger partial charge in [-0.1, -0.05) is 0 Å². The van der Waals surface area contributed by atoms with Gasteiger partial charge in [0.05, 0.1) is 6.10 Å². The van der Waals surface area contributed by atoms with E-state index in [4.69, 9.17) is 9.84 Å². The molecule has 1 heterocycles. The fourth-order valence-electron chi connectivity index (χ4n) is 3.06. The Morgan fingerprint density at radius 1 is 1.32 bits per heavy atom. The van der Waals surface area contributed by atoms with E-state index in [0.717, 1.165) is 32.3 Å². The fraction of sp³-hybridized carbons (Fsp3) is 0.857. The van der Waals surface area contributed by atoms with E-state index in [1.807, 2.05) is 6.92 Å². The maximum Gasteiger partial charge on any atom is 0.326 e. The molecule has 1 aliphatic carbocycles. The third-order valence-corrected chi connectivity index (χ3v) is 4.17. The van der Waals surface area contributed by atoms with Gasteiger partial charge in [-0.25, -0.2) is 4.79 Å². The van der Waals surface area contributed by atoms with Crippen LogP contribution in [0.25, 0.3) is 0 Å². The van der Waals surface area contributed by atoms with Gasteiger partial charge < -0.3 is 14.7 Å². The Balaban J connectivity index is 1.80. The molecule has 1 N–H and O–H groups in total. The van der Waals surface area contributed by atoms with E-state index in [0.29, 0.717) is 31.4 Å². The van der Waals surface area contributed by atoms with E-state index in [-0.39, 0.29) is 5.91 Å². The van der Waals surface area contributed by atoms with Crippen LogP contribution in [0.15, 0.2) is 0 Å². The Morgan fingerprint density at radius 2 is 2.05 bits per heavy atom. The topological polar surface area (TPSA) is 66.8 Å². The maximum absolute atomic E-state index is 12.2. The molecule has 2 fully saturated rings. The van der Waals surface area contributed by atoms with Crippen LogP contribution in [0.2, 0.25) is 0 Å². The lowest BCUT2D eigenvalue weighted by molar-refractivity contribution is -0.153. The number of amides is 1. The number of likely N-dealkylation sites (tertiary alicyclic amines) is 1. The molecule has 1 aliphatic heterocycles. The van der Waals surface area contributed by atoms with Crippen molar-refractivity contribution >= 4 is 11.9 Å².